The van der Waals surface area contributed by atoms with Crippen LogP contribution in [-0.2, 0) is 38.4 Å². The van der Waals surface area contributed by atoms with E-state index in [1.54, 1.807) is 21.1 Å². The molecule has 0 aliphatic rings. The second kappa shape index (κ2) is 14.1. The van der Waals surface area contributed by atoms with Crippen molar-refractivity contribution in [1.29, 1.82) is 0 Å². The molecule has 0 spiro atoms. The van der Waals surface area contributed by atoms with Gasteiger partial charge in [-0.3, -0.25) is 19.2 Å². The molecule has 40 heavy (non-hydrogen) atoms. The number of rotatable bonds is 12. The van der Waals surface area contributed by atoms with Gasteiger partial charge in [-0.15, -0.1) is 0 Å². The lowest BCUT2D eigenvalue weighted by Crippen LogP contribution is -2.58. The van der Waals surface area contributed by atoms with Crippen molar-refractivity contribution in [3.8, 4) is 0 Å². The Hall–Kier alpha value is -4.46. The summed E-state index contributed by atoms with van der Waals surface area (Å²) < 4.78 is 0. The van der Waals surface area contributed by atoms with Crippen LogP contribution in [0.5, 0.6) is 0 Å². The molecule has 210 valence electrons. The Morgan fingerprint density at radius 3 is 1.18 bits per heavy atom. The average Bonchev–Trinajstić information content (AvgIpc) is 2.97. The van der Waals surface area contributed by atoms with E-state index < -0.39 is 29.9 Å². The number of nitrogens with zero attached hydrogens (tertiary/aromatic N) is 3. The minimum absolute atomic E-state index is 0.227. The number of carbonyl (C=O) groups excluding carboxylic acids is 4. The van der Waals surface area contributed by atoms with Crippen LogP contribution in [0, 0.1) is 0 Å². The molecule has 0 bridgehead atoms. The fourth-order valence-corrected chi connectivity index (χ4v) is 4.72. The van der Waals surface area contributed by atoms with E-state index in [2.05, 4.69) is 0 Å². The van der Waals surface area contributed by atoms with Gasteiger partial charge in [-0.1, -0.05) is 91.0 Å². The van der Waals surface area contributed by atoms with Crippen molar-refractivity contribution in [3.05, 3.63) is 108 Å². The van der Waals surface area contributed by atoms with Crippen LogP contribution < -0.4 is 5.73 Å². The van der Waals surface area contributed by atoms with E-state index in [9.17, 15) is 19.2 Å². The number of hydrogen-bond acceptors (Lipinski definition) is 4. The normalized spacial score (nSPS) is 13.0. The first-order valence-corrected chi connectivity index (χ1v) is 13.3. The van der Waals surface area contributed by atoms with E-state index in [1.807, 2.05) is 91.0 Å². The molecule has 0 unspecified atom stereocenters. The Kier molecular flexibility index (Phi) is 10.6. The van der Waals surface area contributed by atoms with Crippen LogP contribution in [0.1, 0.15) is 23.6 Å². The Balaban J connectivity index is 1.95. The van der Waals surface area contributed by atoms with Crippen LogP contribution in [0.4, 0.5) is 0 Å². The third-order valence-corrected chi connectivity index (χ3v) is 7.31. The predicted octanol–water partition coefficient (Wildman–Crippen LogP) is 2.70. The van der Waals surface area contributed by atoms with E-state index in [1.165, 1.54) is 21.6 Å². The van der Waals surface area contributed by atoms with E-state index in [4.69, 9.17) is 5.73 Å². The lowest BCUT2D eigenvalue weighted by atomic mass is 9.98. The fraction of sp³-hybridized carbons (Fsp3) is 0.312. The molecule has 0 radical (unpaired) electrons. The molecule has 3 aromatic rings. The second-order valence-electron chi connectivity index (χ2n) is 10.0. The Morgan fingerprint density at radius 1 is 0.550 bits per heavy atom. The van der Waals surface area contributed by atoms with Crippen molar-refractivity contribution < 1.29 is 19.2 Å². The van der Waals surface area contributed by atoms with Crippen LogP contribution in [0.15, 0.2) is 91.0 Å². The molecule has 8 heteroatoms. The van der Waals surface area contributed by atoms with Gasteiger partial charge in [0.1, 0.15) is 18.1 Å². The summed E-state index contributed by atoms with van der Waals surface area (Å²) in [7, 11) is 4.70. The lowest BCUT2D eigenvalue weighted by molar-refractivity contribution is -0.151. The van der Waals surface area contributed by atoms with Gasteiger partial charge in [-0.25, -0.2) is 0 Å². The van der Waals surface area contributed by atoms with Gasteiger partial charge in [0.25, 0.3) is 0 Å². The molecule has 3 rings (SSSR count). The van der Waals surface area contributed by atoms with Crippen molar-refractivity contribution in [2.24, 2.45) is 5.73 Å². The van der Waals surface area contributed by atoms with E-state index >= 15 is 0 Å². The van der Waals surface area contributed by atoms with Crippen molar-refractivity contribution in [3.63, 3.8) is 0 Å². The van der Waals surface area contributed by atoms with Gasteiger partial charge < -0.3 is 20.4 Å². The SMILES string of the molecule is CC(=O)N(C)[C@H](Cc1ccccc1)C(=O)N(C)[C@H](Cc1ccccc1)C(=O)N(C)[C@H](Cc1ccccc1)C(N)=O. The highest BCUT2D eigenvalue weighted by Gasteiger charge is 2.37. The number of amides is 4. The quantitative estimate of drug-likeness (QED) is 0.380. The van der Waals surface area contributed by atoms with Gasteiger partial charge in [0.2, 0.25) is 23.6 Å². The largest absolute Gasteiger partial charge is 0.368 e. The summed E-state index contributed by atoms with van der Waals surface area (Å²) >= 11 is 0. The first-order chi connectivity index (χ1) is 19.1. The highest BCUT2D eigenvalue weighted by Crippen LogP contribution is 2.18. The highest BCUT2D eigenvalue weighted by atomic mass is 16.2. The van der Waals surface area contributed by atoms with Crippen molar-refractivity contribution in [2.45, 2.75) is 44.3 Å². The number of nitrogens with two attached hydrogens (primary N) is 1. The topological polar surface area (TPSA) is 104 Å². The van der Waals surface area contributed by atoms with Gasteiger partial charge in [0.05, 0.1) is 0 Å². The summed E-state index contributed by atoms with van der Waals surface area (Å²) in [6, 6.07) is 25.5. The molecule has 3 aromatic carbocycles. The fourth-order valence-electron chi connectivity index (χ4n) is 4.72. The van der Waals surface area contributed by atoms with E-state index in [-0.39, 0.29) is 24.7 Å². The Morgan fingerprint density at radius 2 is 0.850 bits per heavy atom. The third-order valence-electron chi connectivity index (χ3n) is 7.31. The molecule has 4 amide bonds. The monoisotopic (exact) mass is 542 g/mol. The van der Waals surface area contributed by atoms with Crippen molar-refractivity contribution >= 4 is 23.6 Å². The molecule has 0 aliphatic carbocycles. The van der Waals surface area contributed by atoms with Crippen LogP contribution in [0.25, 0.3) is 0 Å². The van der Waals surface area contributed by atoms with Crippen LogP contribution in [0.3, 0.4) is 0 Å². The minimum atomic E-state index is -0.934. The second-order valence-corrected chi connectivity index (χ2v) is 10.0. The zero-order valence-corrected chi connectivity index (χ0v) is 23.6. The van der Waals surface area contributed by atoms with Crippen molar-refractivity contribution in [1.82, 2.24) is 14.7 Å². The summed E-state index contributed by atoms with van der Waals surface area (Å²) in [6.07, 6.45) is 0.767. The summed E-state index contributed by atoms with van der Waals surface area (Å²) in [5.41, 5.74) is 8.37. The average molecular weight is 543 g/mol. The summed E-state index contributed by atoms with van der Waals surface area (Å²) in [6.45, 7) is 1.41. The summed E-state index contributed by atoms with van der Waals surface area (Å²) in [5.74, 6) is -1.68. The zero-order chi connectivity index (χ0) is 29.2. The van der Waals surface area contributed by atoms with E-state index in [0.717, 1.165) is 16.7 Å². The molecule has 0 aliphatic heterocycles. The number of hydrogen-bond donors (Lipinski definition) is 1. The number of benzene rings is 3. The highest BCUT2D eigenvalue weighted by molar-refractivity contribution is 5.94. The molecule has 0 aromatic heterocycles. The number of likely N-dealkylation sites (N-methyl/N-ethyl adjacent to an activating group) is 3. The third kappa shape index (κ3) is 7.79. The van der Waals surface area contributed by atoms with Crippen LogP contribution >= 0.6 is 0 Å². The van der Waals surface area contributed by atoms with E-state index in [0.29, 0.717) is 6.42 Å². The molecule has 0 saturated carbocycles. The molecule has 0 saturated heterocycles. The molecule has 2 N–H and O–H groups in total. The maximum atomic E-state index is 14.1. The van der Waals surface area contributed by atoms with Gasteiger partial charge >= 0.3 is 0 Å². The Bertz CT molecular complexity index is 1280. The Labute approximate surface area is 236 Å². The summed E-state index contributed by atoms with van der Waals surface area (Å²) in [4.78, 5) is 57.1. The standard InChI is InChI=1S/C32H38N4O4/c1-23(37)34(2)28(21-25-16-10-6-11-17-25)31(39)36(4)29(22-26-18-12-7-13-19-26)32(40)35(3)27(30(33)38)20-24-14-8-5-9-15-24/h5-19,27-29H,20-22H2,1-4H3,(H2,33,38)/t27-,28-,29-/m1/s1. The molecular weight excluding hydrogens is 504 g/mol. The first-order valence-electron chi connectivity index (χ1n) is 13.3. The lowest BCUT2D eigenvalue weighted by Gasteiger charge is -2.37. The van der Waals surface area contributed by atoms with Gasteiger partial charge in [0.15, 0.2) is 0 Å². The maximum absolute atomic E-state index is 14.1. The van der Waals surface area contributed by atoms with Gasteiger partial charge in [-0.2, -0.15) is 0 Å². The molecule has 0 heterocycles. The van der Waals surface area contributed by atoms with Crippen LogP contribution in [0.2, 0.25) is 0 Å². The number of primary amides is 1. The molecular formula is C32H38N4O4. The molecule has 8 nitrogen and oxygen atoms in total. The molecule has 0 fully saturated rings. The maximum Gasteiger partial charge on any atom is 0.246 e. The van der Waals surface area contributed by atoms with Crippen LogP contribution in [-0.4, -0.2) is 77.6 Å². The minimum Gasteiger partial charge on any atom is -0.368 e. The smallest absolute Gasteiger partial charge is 0.246 e. The predicted molar refractivity (Wildman–Crippen MR) is 155 cm³/mol. The number of carbonyl (C=O) groups is 4. The summed E-state index contributed by atoms with van der Waals surface area (Å²) in [5, 5.41) is 0. The first kappa shape index (κ1) is 30.1. The van der Waals surface area contributed by atoms with Crippen molar-refractivity contribution in [2.75, 3.05) is 21.1 Å². The molecule has 3 atom stereocenters. The van der Waals surface area contributed by atoms with Gasteiger partial charge in [0, 0.05) is 47.3 Å². The zero-order valence-electron chi connectivity index (χ0n) is 23.6. The van der Waals surface area contributed by atoms with Gasteiger partial charge in [-0.05, 0) is 16.7 Å².